The Balaban J connectivity index is 1.70. The summed E-state index contributed by atoms with van der Waals surface area (Å²) in [5.74, 6) is 6.66. The largest absolute Gasteiger partial charge is 0.346 e. The third-order valence-electron chi connectivity index (χ3n) is 4.54. The Morgan fingerprint density at radius 2 is 2.04 bits per heavy atom. The number of benzene rings is 1. The van der Waals surface area contributed by atoms with Crippen molar-refractivity contribution in [3.05, 3.63) is 70.3 Å². The topological polar surface area (TPSA) is 47.8 Å². The molecule has 0 fully saturated rings. The fourth-order valence-corrected chi connectivity index (χ4v) is 3.43. The number of ketones is 1. The minimum absolute atomic E-state index is 0.211. The summed E-state index contributed by atoms with van der Waals surface area (Å²) in [6.45, 7) is 0. The lowest BCUT2D eigenvalue weighted by Gasteiger charge is -2.12. The molecule has 1 aliphatic carbocycles. The maximum Gasteiger partial charge on any atom is 0.205 e. The fourth-order valence-electron chi connectivity index (χ4n) is 3.24. The lowest BCUT2D eigenvalue weighted by molar-refractivity contribution is 0.0972. The van der Waals surface area contributed by atoms with Crippen LogP contribution in [0.1, 0.15) is 40.3 Å². The summed E-state index contributed by atoms with van der Waals surface area (Å²) in [6, 6.07) is 11.1. The molecule has 0 radical (unpaired) electrons. The molecule has 0 unspecified atom stereocenters. The molecule has 2 heterocycles. The van der Waals surface area contributed by atoms with E-state index in [4.69, 9.17) is 11.6 Å². The van der Waals surface area contributed by atoms with E-state index in [-0.39, 0.29) is 5.78 Å². The Bertz CT molecular complexity index is 1070. The summed E-state index contributed by atoms with van der Waals surface area (Å²) in [4.78, 5) is 21.0. The van der Waals surface area contributed by atoms with Gasteiger partial charge in [-0.25, -0.2) is 9.97 Å². The first-order chi connectivity index (χ1) is 12.6. The first-order valence-electron chi connectivity index (χ1n) is 8.44. The van der Waals surface area contributed by atoms with Crippen molar-refractivity contribution in [3.63, 3.8) is 0 Å². The Labute approximate surface area is 156 Å². The van der Waals surface area contributed by atoms with Crippen LogP contribution in [-0.4, -0.2) is 20.3 Å². The standard InChI is InChI=1S/C21H16ClN3O/c1-25-18-6-3-7-20(26)16(18)13-19(25)17-10-11-23-21(24-17)9-8-14-4-2-5-15(22)12-14/h2,4-5,10-13H,3,6-7H2,1H3. The van der Waals surface area contributed by atoms with Crippen LogP contribution in [0.2, 0.25) is 5.02 Å². The molecule has 0 atom stereocenters. The van der Waals surface area contributed by atoms with Gasteiger partial charge in [0.1, 0.15) is 0 Å². The van der Waals surface area contributed by atoms with Crippen molar-refractivity contribution in [2.24, 2.45) is 7.05 Å². The molecular weight excluding hydrogens is 346 g/mol. The van der Waals surface area contributed by atoms with Crippen LogP contribution >= 0.6 is 11.6 Å². The van der Waals surface area contributed by atoms with Crippen LogP contribution in [0.4, 0.5) is 0 Å². The van der Waals surface area contributed by atoms with E-state index in [0.717, 1.165) is 41.1 Å². The van der Waals surface area contributed by atoms with Gasteiger partial charge in [0.05, 0.1) is 11.4 Å². The van der Waals surface area contributed by atoms with E-state index in [2.05, 4.69) is 26.4 Å². The van der Waals surface area contributed by atoms with Gasteiger partial charge in [0.25, 0.3) is 0 Å². The number of fused-ring (bicyclic) bond motifs is 1. The predicted molar refractivity (Wildman–Crippen MR) is 101 cm³/mol. The van der Waals surface area contributed by atoms with E-state index in [1.165, 1.54) is 0 Å². The predicted octanol–water partition coefficient (Wildman–Crippen LogP) is 4.05. The minimum Gasteiger partial charge on any atom is -0.346 e. The van der Waals surface area contributed by atoms with Crippen LogP contribution in [0.15, 0.2) is 42.6 Å². The molecule has 1 aromatic carbocycles. The highest BCUT2D eigenvalue weighted by Gasteiger charge is 2.23. The smallest absolute Gasteiger partial charge is 0.205 e. The van der Waals surface area contributed by atoms with Crippen LogP contribution in [-0.2, 0) is 13.5 Å². The van der Waals surface area contributed by atoms with Gasteiger partial charge >= 0.3 is 0 Å². The molecule has 2 aromatic heterocycles. The quantitative estimate of drug-likeness (QED) is 0.614. The van der Waals surface area contributed by atoms with Gasteiger partial charge in [-0.2, -0.15) is 0 Å². The van der Waals surface area contributed by atoms with E-state index in [1.807, 2.05) is 37.4 Å². The van der Waals surface area contributed by atoms with Gasteiger partial charge in [-0.3, -0.25) is 4.79 Å². The monoisotopic (exact) mass is 361 g/mol. The van der Waals surface area contributed by atoms with E-state index < -0.39 is 0 Å². The molecule has 0 aliphatic heterocycles. The Kier molecular flexibility index (Phi) is 4.32. The van der Waals surface area contributed by atoms with Crippen molar-refractivity contribution in [2.45, 2.75) is 19.3 Å². The Morgan fingerprint density at radius 3 is 2.85 bits per heavy atom. The molecule has 26 heavy (non-hydrogen) atoms. The van der Waals surface area contributed by atoms with Crippen LogP contribution in [0, 0.1) is 11.8 Å². The van der Waals surface area contributed by atoms with Crippen LogP contribution in [0.25, 0.3) is 11.4 Å². The number of nitrogens with zero attached hydrogens (tertiary/aromatic N) is 3. The fraction of sp³-hybridized carbons (Fsp3) is 0.190. The van der Waals surface area contributed by atoms with Crippen molar-refractivity contribution in [3.8, 4) is 23.2 Å². The molecule has 0 spiro atoms. The van der Waals surface area contributed by atoms with Crippen LogP contribution in [0.5, 0.6) is 0 Å². The van der Waals surface area contributed by atoms with Crippen LogP contribution in [0.3, 0.4) is 0 Å². The van der Waals surface area contributed by atoms with Crippen molar-refractivity contribution in [1.82, 2.24) is 14.5 Å². The van der Waals surface area contributed by atoms with Gasteiger partial charge in [0.15, 0.2) is 5.78 Å². The second kappa shape index (κ2) is 6.78. The molecule has 3 aromatic rings. The molecule has 0 bridgehead atoms. The van der Waals surface area contributed by atoms with Crippen LogP contribution < -0.4 is 0 Å². The summed E-state index contributed by atoms with van der Waals surface area (Å²) in [5, 5.41) is 0.644. The lowest BCUT2D eigenvalue weighted by atomic mass is 9.97. The average molecular weight is 362 g/mol. The average Bonchev–Trinajstić information content (AvgIpc) is 2.99. The van der Waals surface area contributed by atoms with Gasteiger partial charge in [0, 0.05) is 41.5 Å². The molecular formula is C21H16ClN3O. The molecule has 4 rings (SSSR count). The highest BCUT2D eigenvalue weighted by molar-refractivity contribution is 6.30. The second-order valence-corrected chi connectivity index (χ2v) is 6.69. The van der Waals surface area contributed by atoms with Gasteiger partial charge in [-0.05, 0) is 49.1 Å². The number of carbonyl (C=O) groups is 1. The van der Waals surface area contributed by atoms with Gasteiger partial charge in [-0.1, -0.05) is 23.6 Å². The third kappa shape index (κ3) is 3.14. The van der Waals surface area contributed by atoms with E-state index in [1.54, 1.807) is 12.3 Å². The number of hydrogen-bond donors (Lipinski definition) is 0. The highest BCUT2D eigenvalue weighted by Crippen LogP contribution is 2.29. The number of aromatic nitrogens is 3. The van der Waals surface area contributed by atoms with Gasteiger partial charge in [-0.15, -0.1) is 0 Å². The molecule has 4 nitrogen and oxygen atoms in total. The lowest BCUT2D eigenvalue weighted by Crippen LogP contribution is -2.11. The number of halogens is 1. The zero-order valence-corrected chi connectivity index (χ0v) is 15.0. The van der Waals surface area contributed by atoms with Crippen molar-refractivity contribution in [2.75, 3.05) is 0 Å². The molecule has 0 N–H and O–H groups in total. The summed E-state index contributed by atoms with van der Waals surface area (Å²) in [5.41, 5.74) is 4.39. The normalized spacial score (nSPS) is 13.1. The summed E-state index contributed by atoms with van der Waals surface area (Å²) >= 11 is 5.98. The summed E-state index contributed by atoms with van der Waals surface area (Å²) in [7, 11) is 1.98. The molecule has 0 saturated heterocycles. The number of hydrogen-bond acceptors (Lipinski definition) is 3. The summed E-state index contributed by atoms with van der Waals surface area (Å²) in [6.07, 6.45) is 4.14. The van der Waals surface area contributed by atoms with Crippen molar-refractivity contribution >= 4 is 17.4 Å². The van der Waals surface area contributed by atoms with Crippen molar-refractivity contribution in [1.29, 1.82) is 0 Å². The number of rotatable bonds is 1. The zero-order valence-electron chi connectivity index (χ0n) is 14.3. The highest BCUT2D eigenvalue weighted by atomic mass is 35.5. The Hall–Kier alpha value is -2.90. The first-order valence-corrected chi connectivity index (χ1v) is 8.82. The SMILES string of the molecule is Cn1c(-c2ccnc(C#Cc3cccc(Cl)c3)n2)cc2c1CCCC2=O. The maximum atomic E-state index is 12.2. The number of carbonyl (C=O) groups excluding carboxylic acids is 1. The van der Waals surface area contributed by atoms with E-state index in [0.29, 0.717) is 17.3 Å². The zero-order chi connectivity index (χ0) is 18.1. The first kappa shape index (κ1) is 16.6. The molecule has 5 heteroatoms. The van der Waals surface area contributed by atoms with E-state index >= 15 is 0 Å². The number of Topliss-reactive ketones (excluding diaryl/α,β-unsaturated/α-hetero) is 1. The maximum absolute atomic E-state index is 12.2. The molecule has 1 aliphatic rings. The summed E-state index contributed by atoms with van der Waals surface area (Å²) < 4.78 is 2.06. The third-order valence-corrected chi connectivity index (χ3v) is 4.77. The second-order valence-electron chi connectivity index (χ2n) is 6.25. The van der Waals surface area contributed by atoms with Crippen molar-refractivity contribution < 1.29 is 4.79 Å². The van der Waals surface area contributed by atoms with Gasteiger partial charge in [0.2, 0.25) is 5.82 Å². The Morgan fingerprint density at radius 1 is 1.15 bits per heavy atom. The van der Waals surface area contributed by atoms with E-state index in [9.17, 15) is 4.79 Å². The van der Waals surface area contributed by atoms with Gasteiger partial charge < -0.3 is 4.57 Å². The molecule has 128 valence electrons. The minimum atomic E-state index is 0.211. The molecule has 0 saturated carbocycles. The molecule has 0 amide bonds.